The van der Waals surface area contributed by atoms with E-state index in [0.717, 1.165) is 21.9 Å². The molecule has 2 aliphatic rings. The van der Waals surface area contributed by atoms with Crippen LogP contribution in [0.25, 0.3) is 0 Å². The van der Waals surface area contributed by atoms with Crippen molar-refractivity contribution in [3.63, 3.8) is 0 Å². The van der Waals surface area contributed by atoms with Crippen molar-refractivity contribution >= 4 is 39.0 Å². The van der Waals surface area contributed by atoms with Crippen molar-refractivity contribution in [1.29, 1.82) is 0 Å². The van der Waals surface area contributed by atoms with Crippen molar-refractivity contribution in [2.45, 2.75) is 25.8 Å². The summed E-state index contributed by atoms with van der Waals surface area (Å²) in [6.45, 7) is 0.931. The zero-order valence-electron chi connectivity index (χ0n) is 15.6. The average molecular weight is 448 g/mol. The van der Waals surface area contributed by atoms with Gasteiger partial charge in [0.2, 0.25) is 5.91 Å². The van der Waals surface area contributed by atoms with Crippen molar-refractivity contribution in [3.8, 4) is 0 Å². The van der Waals surface area contributed by atoms with Crippen molar-refractivity contribution in [2.24, 2.45) is 13.0 Å². The van der Waals surface area contributed by atoms with Crippen LogP contribution in [0.1, 0.15) is 19.3 Å². The van der Waals surface area contributed by atoms with Crippen LogP contribution in [0.4, 0.5) is 17.2 Å². The first kappa shape index (κ1) is 18.8. The molecule has 148 valence electrons. The molecule has 4 rings (SSSR count). The summed E-state index contributed by atoms with van der Waals surface area (Å²) in [6.07, 6.45) is 3.38. The molecule has 0 unspecified atom stereocenters. The monoisotopic (exact) mass is 447 g/mol. The van der Waals surface area contributed by atoms with E-state index in [-0.39, 0.29) is 23.7 Å². The van der Waals surface area contributed by atoms with Gasteiger partial charge in [-0.25, -0.2) is 4.79 Å². The minimum atomic E-state index is -0.383. The molecule has 8 nitrogen and oxygen atoms in total. The fourth-order valence-corrected chi connectivity index (χ4v) is 3.87. The predicted molar refractivity (Wildman–Crippen MR) is 112 cm³/mol. The Morgan fingerprint density at radius 2 is 1.96 bits per heavy atom. The molecule has 2 N–H and O–H groups in total. The molecule has 2 aromatic rings. The number of rotatable bonds is 5. The van der Waals surface area contributed by atoms with E-state index in [9.17, 15) is 14.4 Å². The molecule has 28 heavy (non-hydrogen) atoms. The fraction of sp³-hybridized carbons (Fsp3) is 0.421. The van der Waals surface area contributed by atoms with Crippen LogP contribution in [0.15, 0.2) is 38.3 Å². The molecular weight excluding hydrogens is 426 g/mol. The molecule has 1 saturated carbocycles. The first-order valence-electron chi connectivity index (χ1n) is 9.32. The minimum absolute atomic E-state index is 0.0208. The second-order valence-electron chi connectivity index (χ2n) is 7.34. The molecule has 1 aliphatic heterocycles. The third-order valence-electron chi connectivity index (χ3n) is 5.40. The summed E-state index contributed by atoms with van der Waals surface area (Å²) < 4.78 is 3.70. The summed E-state index contributed by atoms with van der Waals surface area (Å²) in [6, 6.07) is 7.29. The molecule has 1 aromatic heterocycles. The van der Waals surface area contributed by atoms with Gasteiger partial charge in [-0.2, -0.15) is 0 Å². The Bertz CT molecular complexity index is 1020. The van der Waals surface area contributed by atoms with Gasteiger partial charge in [-0.05, 0) is 43.0 Å². The molecule has 1 amide bonds. The SMILES string of the molecule is Cn1c(=O)c2c(n(CC3CCC3)c1=O)NCN2CC(=O)Nc1ccc(Br)cc1. The van der Waals surface area contributed by atoms with E-state index < -0.39 is 0 Å². The van der Waals surface area contributed by atoms with Gasteiger partial charge in [0, 0.05) is 23.8 Å². The first-order valence-corrected chi connectivity index (χ1v) is 10.1. The Morgan fingerprint density at radius 3 is 2.61 bits per heavy atom. The molecule has 0 bridgehead atoms. The number of nitrogens with zero attached hydrogens (tertiary/aromatic N) is 3. The molecule has 0 atom stereocenters. The van der Waals surface area contributed by atoms with Gasteiger partial charge in [-0.15, -0.1) is 0 Å². The normalized spacial score (nSPS) is 15.7. The molecule has 0 spiro atoms. The maximum atomic E-state index is 12.7. The number of halogens is 1. The number of carbonyl (C=O) groups excluding carboxylic acids is 1. The van der Waals surface area contributed by atoms with Crippen LogP contribution >= 0.6 is 15.9 Å². The van der Waals surface area contributed by atoms with Gasteiger partial charge in [0.1, 0.15) is 11.5 Å². The number of amides is 1. The van der Waals surface area contributed by atoms with Crippen molar-refractivity contribution < 1.29 is 4.79 Å². The van der Waals surface area contributed by atoms with Crippen molar-refractivity contribution in [2.75, 3.05) is 28.7 Å². The number of hydrogen-bond donors (Lipinski definition) is 2. The number of aromatic nitrogens is 2. The summed E-state index contributed by atoms with van der Waals surface area (Å²) in [7, 11) is 1.49. The van der Waals surface area contributed by atoms with Crippen LogP contribution in [-0.2, 0) is 18.4 Å². The van der Waals surface area contributed by atoms with Crippen LogP contribution < -0.4 is 26.8 Å². The number of carbonyl (C=O) groups is 1. The Labute approximate surface area is 170 Å². The first-order chi connectivity index (χ1) is 13.4. The second-order valence-corrected chi connectivity index (χ2v) is 8.26. The summed E-state index contributed by atoms with van der Waals surface area (Å²) in [5.41, 5.74) is 0.367. The fourth-order valence-electron chi connectivity index (χ4n) is 3.61. The topological polar surface area (TPSA) is 88.4 Å². The quantitative estimate of drug-likeness (QED) is 0.730. The number of anilines is 3. The zero-order valence-corrected chi connectivity index (χ0v) is 17.2. The highest BCUT2D eigenvalue weighted by Gasteiger charge is 2.30. The van der Waals surface area contributed by atoms with Gasteiger partial charge in [0.05, 0.1) is 13.2 Å². The second kappa shape index (κ2) is 7.46. The van der Waals surface area contributed by atoms with Crippen molar-refractivity contribution in [3.05, 3.63) is 49.6 Å². The molecule has 1 aliphatic carbocycles. The van der Waals surface area contributed by atoms with Crippen LogP contribution in [0.5, 0.6) is 0 Å². The van der Waals surface area contributed by atoms with Gasteiger partial charge in [-0.3, -0.25) is 18.7 Å². The lowest BCUT2D eigenvalue weighted by atomic mass is 9.85. The summed E-state index contributed by atoms with van der Waals surface area (Å²) in [5.74, 6) is 0.767. The highest BCUT2D eigenvalue weighted by atomic mass is 79.9. The van der Waals surface area contributed by atoms with Crippen LogP contribution in [0.2, 0.25) is 0 Å². The van der Waals surface area contributed by atoms with Crippen LogP contribution in [0, 0.1) is 5.92 Å². The van der Waals surface area contributed by atoms with E-state index in [1.165, 1.54) is 13.5 Å². The lowest BCUT2D eigenvalue weighted by molar-refractivity contribution is -0.114. The largest absolute Gasteiger partial charge is 0.352 e. The van der Waals surface area contributed by atoms with Gasteiger partial charge >= 0.3 is 5.69 Å². The van der Waals surface area contributed by atoms with Gasteiger partial charge in [0.25, 0.3) is 5.56 Å². The molecule has 2 heterocycles. The number of nitrogens with one attached hydrogen (secondary N) is 2. The smallest absolute Gasteiger partial charge is 0.332 e. The van der Waals surface area contributed by atoms with Gasteiger partial charge in [-0.1, -0.05) is 22.4 Å². The molecule has 0 saturated heterocycles. The van der Waals surface area contributed by atoms with E-state index in [4.69, 9.17) is 0 Å². The molecular formula is C19H22BrN5O3. The highest BCUT2D eigenvalue weighted by molar-refractivity contribution is 9.10. The van der Waals surface area contributed by atoms with E-state index in [1.807, 2.05) is 12.1 Å². The van der Waals surface area contributed by atoms with E-state index >= 15 is 0 Å². The number of fused-ring (bicyclic) bond motifs is 1. The lowest BCUT2D eigenvalue weighted by Crippen LogP contribution is -2.42. The maximum absolute atomic E-state index is 12.7. The summed E-state index contributed by atoms with van der Waals surface area (Å²) in [4.78, 5) is 39.5. The van der Waals surface area contributed by atoms with E-state index in [1.54, 1.807) is 21.6 Å². The molecule has 1 fully saturated rings. The Balaban J connectivity index is 1.57. The molecule has 1 aromatic carbocycles. The number of hydrogen-bond acceptors (Lipinski definition) is 5. The Hall–Kier alpha value is -2.55. The molecule has 9 heteroatoms. The standard InChI is InChI=1S/C19H22BrN5O3/c1-23-18(27)16-17(25(19(23)28)9-12-3-2-4-12)21-11-24(16)10-15(26)22-14-7-5-13(20)6-8-14/h5-8,12,21H,2-4,9-11H2,1H3,(H,22,26). The zero-order chi connectivity index (χ0) is 19.8. The lowest BCUT2D eigenvalue weighted by Gasteiger charge is -2.27. The average Bonchev–Trinajstić information content (AvgIpc) is 3.03. The Kier molecular flexibility index (Phi) is 5.01. The predicted octanol–water partition coefficient (Wildman–Crippen LogP) is 1.94. The highest BCUT2D eigenvalue weighted by Crippen LogP contribution is 2.31. The third-order valence-corrected chi connectivity index (χ3v) is 5.93. The van der Waals surface area contributed by atoms with Gasteiger partial charge < -0.3 is 15.5 Å². The Morgan fingerprint density at radius 1 is 1.25 bits per heavy atom. The van der Waals surface area contributed by atoms with Crippen LogP contribution in [0.3, 0.4) is 0 Å². The summed E-state index contributed by atoms with van der Waals surface area (Å²) in [5, 5.41) is 5.98. The molecule has 0 radical (unpaired) electrons. The van der Waals surface area contributed by atoms with E-state index in [2.05, 4.69) is 26.6 Å². The van der Waals surface area contributed by atoms with Crippen LogP contribution in [-0.4, -0.2) is 28.3 Å². The summed E-state index contributed by atoms with van der Waals surface area (Å²) >= 11 is 3.36. The van der Waals surface area contributed by atoms with E-state index in [0.29, 0.717) is 36.3 Å². The van der Waals surface area contributed by atoms with Crippen molar-refractivity contribution in [1.82, 2.24) is 9.13 Å². The number of benzene rings is 1. The van der Waals surface area contributed by atoms with Gasteiger partial charge in [0.15, 0.2) is 0 Å². The third kappa shape index (κ3) is 3.46. The maximum Gasteiger partial charge on any atom is 0.332 e. The minimum Gasteiger partial charge on any atom is -0.352 e.